The van der Waals surface area contributed by atoms with Crippen LogP contribution < -0.4 is 5.73 Å². The van der Waals surface area contributed by atoms with Crippen molar-refractivity contribution in [3.8, 4) is 5.82 Å². The molecule has 3 aromatic rings. The van der Waals surface area contributed by atoms with E-state index in [2.05, 4.69) is 21.3 Å². The molecule has 0 bridgehead atoms. The SMILES string of the molecule is Nc1cc(-n2[c]nc3ccccc32)ncn1. The lowest BCUT2D eigenvalue weighted by molar-refractivity contribution is 0.989. The Morgan fingerprint density at radius 2 is 2.06 bits per heavy atom. The van der Waals surface area contributed by atoms with Gasteiger partial charge in [0.2, 0.25) is 0 Å². The van der Waals surface area contributed by atoms with Gasteiger partial charge in [0, 0.05) is 6.07 Å². The number of nitrogens with zero attached hydrogens (tertiary/aromatic N) is 4. The van der Waals surface area contributed by atoms with Crippen LogP contribution in [-0.2, 0) is 0 Å². The molecule has 0 aliphatic rings. The number of hydrogen-bond acceptors (Lipinski definition) is 4. The molecule has 0 fully saturated rings. The van der Waals surface area contributed by atoms with Crippen LogP contribution in [0.3, 0.4) is 0 Å². The predicted octanol–water partition coefficient (Wildman–Crippen LogP) is 1.20. The molecular weight excluding hydrogens is 202 g/mol. The van der Waals surface area contributed by atoms with Crippen molar-refractivity contribution < 1.29 is 0 Å². The number of hydrogen-bond donors (Lipinski definition) is 1. The van der Waals surface area contributed by atoms with Crippen LogP contribution in [0.5, 0.6) is 0 Å². The van der Waals surface area contributed by atoms with E-state index in [-0.39, 0.29) is 0 Å². The van der Waals surface area contributed by atoms with E-state index in [9.17, 15) is 0 Å². The molecule has 0 aliphatic heterocycles. The average molecular weight is 210 g/mol. The second kappa shape index (κ2) is 3.30. The van der Waals surface area contributed by atoms with Crippen LogP contribution in [0.25, 0.3) is 16.9 Å². The number of aromatic nitrogens is 4. The minimum atomic E-state index is 0.427. The molecule has 0 unspecified atom stereocenters. The van der Waals surface area contributed by atoms with Crippen molar-refractivity contribution in [1.29, 1.82) is 0 Å². The lowest BCUT2D eigenvalue weighted by Crippen LogP contribution is -1.99. The summed E-state index contributed by atoms with van der Waals surface area (Å²) in [4.78, 5) is 12.1. The first-order valence-electron chi connectivity index (χ1n) is 4.78. The quantitative estimate of drug-likeness (QED) is 0.655. The third kappa shape index (κ3) is 1.30. The molecule has 2 aromatic heterocycles. The summed E-state index contributed by atoms with van der Waals surface area (Å²) < 4.78 is 1.76. The second-order valence-corrected chi connectivity index (χ2v) is 3.34. The van der Waals surface area contributed by atoms with Gasteiger partial charge in [0.25, 0.3) is 0 Å². The molecule has 2 N–H and O–H groups in total. The highest BCUT2D eigenvalue weighted by molar-refractivity contribution is 5.76. The van der Waals surface area contributed by atoms with Gasteiger partial charge in [-0.2, -0.15) is 0 Å². The van der Waals surface area contributed by atoms with Crippen LogP contribution in [0.4, 0.5) is 5.82 Å². The standard InChI is InChI=1S/C11H8N5/c12-10-5-11(14-6-13-10)16-7-15-8-3-1-2-4-9(8)16/h1-6H,(H2,12,13,14). The molecular formula is C11H8N5. The van der Waals surface area contributed by atoms with E-state index in [1.165, 1.54) is 6.33 Å². The van der Waals surface area contributed by atoms with E-state index < -0.39 is 0 Å². The van der Waals surface area contributed by atoms with E-state index in [4.69, 9.17) is 5.73 Å². The minimum absolute atomic E-state index is 0.427. The molecule has 5 nitrogen and oxygen atoms in total. The fourth-order valence-corrected chi connectivity index (χ4v) is 1.56. The molecule has 1 radical (unpaired) electrons. The number of nitrogen functional groups attached to an aromatic ring is 1. The molecule has 5 heteroatoms. The predicted molar refractivity (Wildman–Crippen MR) is 59.9 cm³/mol. The maximum atomic E-state index is 5.61. The van der Waals surface area contributed by atoms with Gasteiger partial charge in [-0.05, 0) is 12.1 Å². The highest BCUT2D eigenvalue weighted by atomic mass is 15.1. The first-order valence-corrected chi connectivity index (χ1v) is 4.78. The van der Waals surface area contributed by atoms with Gasteiger partial charge in [0.15, 0.2) is 6.33 Å². The molecule has 3 rings (SSSR count). The Labute approximate surface area is 91.6 Å². The Bertz CT molecular complexity index is 643. The summed E-state index contributed by atoms with van der Waals surface area (Å²) in [5.41, 5.74) is 7.43. The van der Waals surface area contributed by atoms with Gasteiger partial charge in [-0.15, -0.1) is 0 Å². The number of benzene rings is 1. The van der Waals surface area contributed by atoms with Crippen molar-refractivity contribution in [2.45, 2.75) is 0 Å². The molecule has 0 saturated heterocycles. The van der Waals surface area contributed by atoms with Crippen LogP contribution in [0.15, 0.2) is 36.7 Å². The summed E-state index contributed by atoms with van der Waals surface area (Å²) in [6.07, 6.45) is 4.30. The number of imidazole rings is 1. The van der Waals surface area contributed by atoms with Gasteiger partial charge in [-0.3, -0.25) is 4.57 Å². The number of fused-ring (bicyclic) bond motifs is 1. The highest BCUT2D eigenvalue weighted by Crippen LogP contribution is 2.16. The molecule has 0 spiro atoms. The fraction of sp³-hybridized carbons (Fsp3) is 0. The maximum Gasteiger partial charge on any atom is 0.183 e. The number of para-hydroxylation sites is 2. The van der Waals surface area contributed by atoms with Gasteiger partial charge in [-0.1, -0.05) is 12.1 Å². The third-order valence-electron chi connectivity index (χ3n) is 2.30. The zero-order valence-corrected chi connectivity index (χ0v) is 8.33. The fourth-order valence-electron chi connectivity index (χ4n) is 1.56. The van der Waals surface area contributed by atoms with Crippen molar-refractivity contribution >= 4 is 16.9 Å². The Kier molecular flexibility index (Phi) is 1.83. The third-order valence-corrected chi connectivity index (χ3v) is 2.30. The van der Waals surface area contributed by atoms with Gasteiger partial charge >= 0.3 is 0 Å². The monoisotopic (exact) mass is 210 g/mol. The van der Waals surface area contributed by atoms with Crippen LogP contribution in [0, 0.1) is 6.33 Å². The molecule has 1 aromatic carbocycles. The Morgan fingerprint density at radius 3 is 2.94 bits per heavy atom. The number of anilines is 1. The Hall–Kier alpha value is -2.43. The van der Waals surface area contributed by atoms with Gasteiger partial charge in [0.1, 0.15) is 18.0 Å². The van der Waals surface area contributed by atoms with Crippen molar-refractivity contribution in [2.24, 2.45) is 0 Å². The van der Waals surface area contributed by atoms with Crippen LogP contribution in [0.1, 0.15) is 0 Å². The van der Waals surface area contributed by atoms with E-state index in [0.717, 1.165) is 11.0 Å². The summed E-state index contributed by atoms with van der Waals surface area (Å²) in [6.45, 7) is 0. The second-order valence-electron chi connectivity index (χ2n) is 3.34. The summed E-state index contributed by atoms with van der Waals surface area (Å²) >= 11 is 0. The highest BCUT2D eigenvalue weighted by Gasteiger charge is 2.05. The van der Waals surface area contributed by atoms with Crippen molar-refractivity contribution in [1.82, 2.24) is 19.5 Å². The average Bonchev–Trinajstić information content (AvgIpc) is 2.72. The van der Waals surface area contributed by atoms with Gasteiger partial charge in [-0.25, -0.2) is 15.0 Å². The molecule has 0 amide bonds. The normalized spacial score (nSPS) is 10.8. The smallest absolute Gasteiger partial charge is 0.183 e. The summed E-state index contributed by atoms with van der Waals surface area (Å²) in [7, 11) is 0. The van der Waals surface area contributed by atoms with E-state index >= 15 is 0 Å². The first-order chi connectivity index (χ1) is 7.84. The van der Waals surface area contributed by atoms with E-state index in [1.807, 2.05) is 24.3 Å². The molecule has 2 heterocycles. The molecule has 0 aliphatic carbocycles. The largest absolute Gasteiger partial charge is 0.384 e. The van der Waals surface area contributed by atoms with E-state index in [1.54, 1.807) is 10.6 Å². The van der Waals surface area contributed by atoms with Crippen molar-refractivity contribution in [3.05, 3.63) is 43.0 Å². The molecule has 0 atom stereocenters. The molecule has 77 valence electrons. The number of nitrogens with two attached hydrogens (primary N) is 1. The zero-order chi connectivity index (χ0) is 11.0. The minimum Gasteiger partial charge on any atom is -0.384 e. The number of rotatable bonds is 1. The summed E-state index contributed by atoms with van der Waals surface area (Å²) in [6, 6.07) is 9.44. The topological polar surface area (TPSA) is 69.6 Å². The lowest BCUT2D eigenvalue weighted by atomic mass is 10.3. The maximum absolute atomic E-state index is 5.61. The lowest BCUT2D eigenvalue weighted by Gasteiger charge is -2.02. The van der Waals surface area contributed by atoms with Crippen LogP contribution >= 0.6 is 0 Å². The van der Waals surface area contributed by atoms with E-state index in [0.29, 0.717) is 11.6 Å². The summed E-state index contributed by atoms with van der Waals surface area (Å²) in [5.74, 6) is 1.09. The van der Waals surface area contributed by atoms with Gasteiger partial charge < -0.3 is 5.73 Å². The van der Waals surface area contributed by atoms with Crippen LogP contribution in [0.2, 0.25) is 0 Å². The first kappa shape index (κ1) is 8.84. The van der Waals surface area contributed by atoms with Gasteiger partial charge in [0.05, 0.1) is 11.0 Å². The Morgan fingerprint density at radius 1 is 1.19 bits per heavy atom. The summed E-state index contributed by atoms with van der Waals surface area (Å²) in [5, 5.41) is 0. The molecule has 16 heavy (non-hydrogen) atoms. The van der Waals surface area contributed by atoms with Crippen molar-refractivity contribution in [3.63, 3.8) is 0 Å². The Balaban J connectivity index is 2.26. The van der Waals surface area contributed by atoms with Crippen molar-refractivity contribution in [2.75, 3.05) is 5.73 Å². The van der Waals surface area contributed by atoms with Crippen LogP contribution in [-0.4, -0.2) is 19.5 Å². The zero-order valence-electron chi connectivity index (χ0n) is 8.33. The molecule has 0 saturated carbocycles.